The summed E-state index contributed by atoms with van der Waals surface area (Å²) in [4.78, 5) is 0. The summed E-state index contributed by atoms with van der Waals surface area (Å²) in [5, 5.41) is 4.16. The molecule has 1 heterocycles. The number of hydrogen-bond acceptors (Lipinski definition) is 3. The fourth-order valence-corrected chi connectivity index (χ4v) is 3.30. The Balaban J connectivity index is 2.56. The molecule has 1 N–H and O–H groups in total. The van der Waals surface area contributed by atoms with Crippen LogP contribution in [0.3, 0.4) is 0 Å². The Kier molecular flexibility index (Phi) is 4.61. The number of nitrogens with zero attached hydrogens (tertiary/aromatic N) is 1. The van der Waals surface area contributed by atoms with E-state index in [1.54, 1.807) is 0 Å². The van der Waals surface area contributed by atoms with Gasteiger partial charge in [0.1, 0.15) is 5.35 Å². The third kappa shape index (κ3) is 2.82. The van der Waals surface area contributed by atoms with E-state index in [0.29, 0.717) is 0 Å². The summed E-state index contributed by atoms with van der Waals surface area (Å²) < 4.78 is 5.91. The third-order valence-electron chi connectivity index (χ3n) is 2.76. The number of hydrogen-bond donors (Lipinski definition) is 1. The molecule has 0 aliphatic carbocycles. The molecule has 1 aliphatic heterocycles. The number of nitrogens with one attached hydrogen (secondary N) is 1. The molecule has 0 saturated carbocycles. The average molecular weight is 214 g/mol. The van der Waals surface area contributed by atoms with Crippen molar-refractivity contribution in [3.05, 3.63) is 0 Å². The lowest BCUT2D eigenvalue weighted by atomic mass is 10.2. The summed E-state index contributed by atoms with van der Waals surface area (Å²) in [6, 6.07) is 0. The normalized spacial score (nSPS) is 28.6. The zero-order valence-corrected chi connectivity index (χ0v) is 10.7. The van der Waals surface area contributed by atoms with Crippen molar-refractivity contribution >= 4 is 15.0 Å². The van der Waals surface area contributed by atoms with Crippen molar-refractivity contribution in [3.8, 4) is 0 Å². The summed E-state index contributed by atoms with van der Waals surface area (Å²) in [5.41, 5.74) is 3.24. The van der Waals surface area contributed by atoms with Crippen LogP contribution >= 0.6 is 0 Å². The second kappa shape index (κ2) is 5.51. The molecule has 1 aliphatic rings. The molecule has 0 aromatic rings. The van der Waals surface area contributed by atoms with E-state index in [4.69, 9.17) is 4.74 Å². The van der Waals surface area contributed by atoms with Gasteiger partial charge in [0.05, 0.1) is 8.80 Å². The summed E-state index contributed by atoms with van der Waals surface area (Å²) >= 11 is 0. The van der Waals surface area contributed by atoms with Crippen molar-refractivity contribution in [1.82, 2.24) is 5.43 Å². The number of ether oxygens (including phenoxy) is 1. The lowest BCUT2D eigenvalue weighted by Gasteiger charge is -2.39. The lowest BCUT2D eigenvalue weighted by molar-refractivity contribution is -0.0445. The highest BCUT2D eigenvalue weighted by Gasteiger charge is 2.36. The Morgan fingerprint density at radius 1 is 1.50 bits per heavy atom. The molecule has 14 heavy (non-hydrogen) atoms. The highest BCUT2D eigenvalue weighted by Crippen LogP contribution is 2.25. The van der Waals surface area contributed by atoms with Crippen LogP contribution in [0.2, 0.25) is 13.1 Å². The van der Waals surface area contributed by atoms with Crippen molar-refractivity contribution < 1.29 is 4.74 Å². The van der Waals surface area contributed by atoms with Gasteiger partial charge in [-0.2, -0.15) is 5.10 Å². The van der Waals surface area contributed by atoms with E-state index in [9.17, 15) is 0 Å². The highest BCUT2D eigenvalue weighted by atomic mass is 28.3. The maximum atomic E-state index is 5.91. The van der Waals surface area contributed by atoms with Crippen LogP contribution < -0.4 is 5.43 Å². The van der Waals surface area contributed by atoms with Crippen molar-refractivity contribution in [2.45, 2.75) is 51.0 Å². The topological polar surface area (TPSA) is 33.6 Å². The van der Waals surface area contributed by atoms with Gasteiger partial charge in [-0.1, -0.05) is 20.0 Å². The predicted molar refractivity (Wildman–Crippen MR) is 63.3 cm³/mol. The Morgan fingerprint density at radius 3 is 2.79 bits per heavy atom. The Labute approximate surface area is 88.5 Å². The van der Waals surface area contributed by atoms with Gasteiger partial charge in [0.15, 0.2) is 0 Å². The summed E-state index contributed by atoms with van der Waals surface area (Å²) in [5.74, 6) is 0. The average Bonchev–Trinajstić information content (AvgIpc) is 2.19. The smallest absolute Gasteiger partial charge is 0.134 e. The minimum absolute atomic E-state index is 0.0794. The van der Waals surface area contributed by atoms with Crippen LogP contribution in [0.5, 0.6) is 0 Å². The summed E-state index contributed by atoms with van der Waals surface area (Å²) in [6.07, 6.45) is 6.47. The second-order valence-electron chi connectivity index (χ2n) is 4.18. The maximum Gasteiger partial charge on any atom is 0.134 e. The van der Waals surface area contributed by atoms with Crippen LogP contribution in [0, 0.1) is 0 Å². The Hall–Kier alpha value is -0.353. The van der Waals surface area contributed by atoms with E-state index in [0.717, 1.165) is 19.4 Å². The molecule has 1 atom stereocenters. The van der Waals surface area contributed by atoms with E-state index in [1.165, 1.54) is 12.8 Å². The van der Waals surface area contributed by atoms with E-state index in [-0.39, 0.29) is 5.35 Å². The van der Waals surface area contributed by atoms with Gasteiger partial charge in [0.2, 0.25) is 0 Å². The molecule has 1 saturated heterocycles. The number of rotatable bonds is 4. The van der Waals surface area contributed by atoms with Crippen molar-refractivity contribution in [2.24, 2.45) is 5.10 Å². The van der Waals surface area contributed by atoms with Gasteiger partial charge < -0.3 is 4.74 Å². The van der Waals surface area contributed by atoms with E-state index >= 15 is 0 Å². The number of hydrazone groups is 1. The minimum Gasteiger partial charge on any atom is -0.358 e. The molecular weight excluding hydrogens is 192 g/mol. The first-order chi connectivity index (χ1) is 6.71. The van der Waals surface area contributed by atoms with Crippen LogP contribution in [-0.2, 0) is 4.74 Å². The van der Waals surface area contributed by atoms with Crippen molar-refractivity contribution in [3.63, 3.8) is 0 Å². The third-order valence-corrected chi connectivity index (χ3v) is 5.21. The van der Waals surface area contributed by atoms with Gasteiger partial charge in [-0.3, -0.25) is 5.43 Å². The first-order valence-corrected chi connectivity index (χ1v) is 8.52. The van der Waals surface area contributed by atoms with Crippen LogP contribution in [0.4, 0.5) is 0 Å². The molecule has 0 bridgehead atoms. The van der Waals surface area contributed by atoms with Gasteiger partial charge >= 0.3 is 0 Å². The SMILES string of the molecule is CCC=NNC1([SiH](C)C)CCCCO1. The molecular formula is C10H22N2OSi. The predicted octanol–water partition coefficient (Wildman–Crippen LogP) is 1.89. The summed E-state index contributed by atoms with van der Waals surface area (Å²) in [7, 11) is -0.877. The molecule has 4 heteroatoms. The fraction of sp³-hybridized carbons (Fsp3) is 0.900. The molecule has 0 aromatic heterocycles. The van der Waals surface area contributed by atoms with Crippen LogP contribution in [0.15, 0.2) is 5.10 Å². The van der Waals surface area contributed by atoms with Crippen molar-refractivity contribution in [1.29, 1.82) is 0 Å². The van der Waals surface area contributed by atoms with Gasteiger partial charge in [-0.15, -0.1) is 0 Å². The van der Waals surface area contributed by atoms with Crippen molar-refractivity contribution in [2.75, 3.05) is 6.61 Å². The zero-order chi connectivity index (χ0) is 10.4. The van der Waals surface area contributed by atoms with Gasteiger partial charge in [0.25, 0.3) is 0 Å². The molecule has 3 nitrogen and oxygen atoms in total. The van der Waals surface area contributed by atoms with Gasteiger partial charge in [-0.25, -0.2) is 0 Å². The second-order valence-corrected chi connectivity index (χ2v) is 7.42. The minimum atomic E-state index is -0.877. The van der Waals surface area contributed by atoms with Crippen LogP contribution in [0.25, 0.3) is 0 Å². The first-order valence-electron chi connectivity index (χ1n) is 5.64. The highest BCUT2D eigenvalue weighted by molar-refractivity contribution is 6.59. The molecule has 1 fully saturated rings. The van der Waals surface area contributed by atoms with Crippen LogP contribution in [0.1, 0.15) is 32.6 Å². The fourth-order valence-electron chi connectivity index (χ4n) is 1.73. The molecule has 0 amide bonds. The standard InChI is InChI=1S/C10H22N2OSi/c1-4-8-11-12-10(14(2)3)7-5-6-9-13-10/h8,12,14H,4-7,9H2,1-3H3. The molecule has 0 aromatic carbocycles. The Bertz CT molecular complexity index is 189. The van der Waals surface area contributed by atoms with E-state index in [1.807, 2.05) is 6.21 Å². The summed E-state index contributed by atoms with van der Waals surface area (Å²) in [6.45, 7) is 7.62. The quantitative estimate of drug-likeness (QED) is 0.440. The molecule has 0 radical (unpaired) electrons. The van der Waals surface area contributed by atoms with Gasteiger partial charge in [-0.05, 0) is 25.7 Å². The largest absolute Gasteiger partial charge is 0.358 e. The van der Waals surface area contributed by atoms with E-state index in [2.05, 4.69) is 30.5 Å². The maximum absolute atomic E-state index is 5.91. The monoisotopic (exact) mass is 214 g/mol. The zero-order valence-electron chi connectivity index (χ0n) is 9.55. The van der Waals surface area contributed by atoms with E-state index < -0.39 is 8.80 Å². The molecule has 1 unspecified atom stereocenters. The molecule has 1 rings (SSSR count). The van der Waals surface area contributed by atoms with Gasteiger partial charge in [0, 0.05) is 12.8 Å². The van der Waals surface area contributed by atoms with Crippen LogP contribution in [-0.4, -0.2) is 27.0 Å². The lowest BCUT2D eigenvalue weighted by Crippen LogP contribution is -2.56. The Morgan fingerprint density at radius 2 is 2.29 bits per heavy atom. The molecule has 0 spiro atoms. The first kappa shape index (κ1) is 11.7. The molecule has 82 valence electrons.